The number of phenolic OH excluding ortho intramolecular Hbond substituents is 2. The molecule has 0 aromatic heterocycles. The number of amides is 2. The number of carbonyl (C=O) groups is 4. The highest BCUT2D eigenvalue weighted by Crippen LogP contribution is 2.35. The number of ether oxygens (including phenoxy) is 2. The fourth-order valence-electron chi connectivity index (χ4n) is 2.82. The highest BCUT2D eigenvalue weighted by Gasteiger charge is 2.31. The molecule has 1 aliphatic rings. The number of carbonyl (C=O) groups excluding carboxylic acids is 3. The molecule has 0 unspecified atom stereocenters. The summed E-state index contributed by atoms with van der Waals surface area (Å²) in [5.41, 5.74) is -0.660. The number of hydrogen-bond acceptors (Lipinski definition) is 9. The van der Waals surface area contributed by atoms with Crippen LogP contribution < -0.4 is 10.6 Å². The number of benzene rings is 1. The lowest BCUT2D eigenvalue weighted by molar-refractivity contribution is -0.141. The predicted molar refractivity (Wildman–Crippen MR) is 114 cm³/mol. The maximum Gasteiger partial charge on any atom is 0.408 e. The number of aliphatic carboxylic acids is 1. The Balaban J connectivity index is 2.40. The number of aromatic hydroxyl groups is 2. The molecule has 0 saturated heterocycles. The van der Waals surface area contributed by atoms with E-state index in [-0.39, 0.29) is 39.7 Å². The molecule has 176 valence electrons. The Morgan fingerprint density at radius 3 is 2.50 bits per heavy atom. The Bertz CT molecular complexity index is 927. The molecule has 0 saturated carbocycles. The monoisotopic (exact) mass is 470 g/mol. The molecule has 0 aliphatic carbocycles. The summed E-state index contributed by atoms with van der Waals surface area (Å²) in [6.45, 7) is 5.66. The minimum Gasteiger partial charge on any atom is -0.508 e. The first-order valence-electron chi connectivity index (χ1n) is 9.62. The molecule has 1 aliphatic heterocycles. The van der Waals surface area contributed by atoms with E-state index in [0.717, 1.165) is 17.8 Å². The van der Waals surface area contributed by atoms with Gasteiger partial charge in [0, 0.05) is 28.7 Å². The number of cyclic esters (lactones) is 1. The third-order valence-corrected chi connectivity index (χ3v) is 5.44. The van der Waals surface area contributed by atoms with Crippen LogP contribution in [0.3, 0.4) is 0 Å². The number of phenols is 2. The summed E-state index contributed by atoms with van der Waals surface area (Å²) in [6.07, 6.45) is -0.964. The third kappa shape index (κ3) is 6.42. The van der Waals surface area contributed by atoms with Gasteiger partial charge in [-0.15, -0.1) is 0 Å². The maximum absolute atomic E-state index is 12.8. The van der Waals surface area contributed by atoms with Crippen LogP contribution in [0.4, 0.5) is 4.79 Å². The van der Waals surface area contributed by atoms with Crippen LogP contribution in [-0.4, -0.2) is 69.3 Å². The summed E-state index contributed by atoms with van der Waals surface area (Å²) in [7, 11) is 0. The minimum absolute atomic E-state index is 0.0244. The smallest absolute Gasteiger partial charge is 0.408 e. The van der Waals surface area contributed by atoms with E-state index >= 15 is 0 Å². The van der Waals surface area contributed by atoms with Gasteiger partial charge >= 0.3 is 18.0 Å². The molecule has 2 atom stereocenters. The molecule has 2 rings (SSSR count). The van der Waals surface area contributed by atoms with E-state index in [1.165, 1.54) is 6.92 Å². The zero-order chi connectivity index (χ0) is 24.2. The molecule has 0 bridgehead atoms. The number of esters is 1. The molecule has 32 heavy (non-hydrogen) atoms. The van der Waals surface area contributed by atoms with Gasteiger partial charge in [0.2, 0.25) is 5.91 Å². The second-order valence-electron chi connectivity index (χ2n) is 8.11. The van der Waals surface area contributed by atoms with Gasteiger partial charge in [-0.1, -0.05) is 0 Å². The van der Waals surface area contributed by atoms with Crippen molar-refractivity contribution in [1.82, 2.24) is 10.6 Å². The predicted octanol–water partition coefficient (Wildman–Crippen LogP) is 1.27. The Hall–Kier alpha value is -3.15. The van der Waals surface area contributed by atoms with E-state index in [9.17, 15) is 34.5 Å². The first-order valence-corrected chi connectivity index (χ1v) is 10.8. The van der Waals surface area contributed by atoms with Gasteiger partial charge in [-0.05, 0) is 27.7 Å². The topological polar surface area (TPSA) is 171 Å². The number of carboxylic acids is 1. The van der Waals surface area contributed by atoms with E-state index in [1.807, 2.05) is 0 Å². The Labute approximate surface area is 188 Å². The molecule has 11 nitrogen and oxygen atoms in total. The van der Waals surface area contributed by atoms with Crippen molar-refractivity contribution >= 4 is 35.7 Å². The van der Waals surface area contributed by atoms with E-state index in [1.54, 1.807) is 20.8 Å². The second-order valence-corrected chi connectivity index (χ2v) is 9.14. The van der Waals surface area contributed by atoms with Gasteiger partial charge < -0.3 is 35.4 Å². The Morgan fingerprint density at radius 1 is 1.25 bits per heavy atom. The third-order valence-electron chi connectivity index (χ3n) is 4.38. The summed E-state index contributed by atoms with van der Waals surface area (Å²) in [5.74, 6) is -3.87. The van der Waals surface area contributed by atoms with Crippen molar-refractivity contribution in [3.8, 4) is 11.5 Å². The molecular weight excluding hydrogens is 444 g/mol. The van der Waals surface area contributed by atoms with Crippen LogP contribution in [0.5, 0.6) is 11.5 Å². The summed E-state index contributed by atoms with van der Waals surface area (Å²) < 4.78 is 10.3. The summed E-state index contributed by atoms with van der Waals surface area (Å²) in [4.78, 5) is 49.1. The number of carboxylic acid groups (broad SMARTS) is 1. The van der Waals surface area contributed by atoms with Crippen molar-refractivity contribution in [2.24, 2.45) is 0 Å². The van der Waals surface area contributed by atoms with Crippen molar-refractivity contribution in [1.29, 1.82) is 0 Å². The number of fused-ring (bicyclic) bond motifs is 1. The zero-order valence-electron chi connectivity index (χ0n) is 18.1. The number of nitrogens with one attached hydrogen (secondary N) is 2. The summed E-state index contributed by atoms with van der Waals surface area (Å²) >= 11 is 1.05. The lowest BCUT2D eigenvalue weighted by atomic mass is 10.0. The highest BCUT2D eigenvalue weighted by molar-refractivity contribution is 7.98. The molecule has 0 spiro atoms. The molecule has 0 fully saturated rings. The van der Waals surface area contributed by atoms with Crippen LogP contribution in [0.2, 0.25) is 0 Å². The van der Waals surface area contributed by atoms with Crippen LogP contribution in [0, 0.1) is 6.92 Å². The van der Waals surface area contributed by atoms with Crippen LogP contribution in [0.25, 0.3) is 0 Å². The van der Waals surface area contributed by atoms with Gasteiger partial charge in [0.15, 0.2) is 0 Å². The number of thioether (sulfide) groups is 1. The zero-order valence-corrected chi connectivity index (χ0v) is 18.9. The van der Waals surface area contributed by atoms with Gasteiger partial charge in [0.1, 0.15) is 35.8 Å². The van der Waals surface area contributed by atoms with Crippen LogP contribution >= 0.6 is 11.8 Å². The lowest BCUT2D eigenvalue weighted by Gasteiger charge is -2.25. The summed E-state index contributed by atoms with van der Waals surface area (Å²) in [6, 6.07) is -1.68. The largest absolute Gasteiger partial charge is 0.508 e. The van der Waals surface area contributed by atoms with E-state index in [2.05, 4.69) is 10.6 Å². The van der Waals surface area contributed by atoms with Crippen molar-refractivity contribution in [3.05, 3.63) is 22.8 Å². The van der Waals surface area contributed by atoms with Crippen molar-refractivity contribution < 1.29 is 44.0 Å². The van der Waals surface area contributed by atoms with Gasteiger partial charge in [-0.3, -0.25) is 4.79 Å². The molecule has 1 heterocycles. The van der Waals surface area contributed by atoms with E-state index in [4.69, 9.17) is 9.47 Å². The fourth-order valence-corrected chi connectivity index (χ4v) is 3.90. The van der Waals surface area contributed by atoms with Crippen molar-refractivity contribution in [2.45, 2.75) is 51.1 Å². The van der Waals surface area contributed by atoms with Gasteiger partial charge in [0.25, 0.3) is 0 Å². The molecule has 12 heteroatoms. The first-order chi connectivity index (χ1) is 14.8. The molecule has 1 aromatic rings. The average molecular weight is 471 g/mol. The number of alkyl carbamates (subject to hydrolysis) is 1. The Morgan fingerprint density at radius 2 is 1.91 bits per heavy atom. The first kappa shape index (κ1) is 25.1. The van der Waals surface area contributed by atoms with Crippen LogP contribution in [0.15, 0.2) is 6.07 Å². The fraction of sp³-hybridized carbons (Fsp3) is 0.500. The van der Waals surface area contributed by atoms with Crippen molar-refractivity contribution in [2.75, 3.05) is 12.4 Å². The highest BCUT2D eigenvalue weighted by atomic mass is 32.2. The summed E-state index contributed by atoms with van der Waals surface area (Å²) in [5, 5.41) is 34.3. The molecule has 0 radical (unpaired) electrons. The van der Waals surface area contributed by atoms with E-state index in [0.29, 0.717) is 0 Å². The number of hydrogen-bond donors (Lipinski definition) is 5. The molecule has 1 aromatic carbocycles. The van der Waals surface area contributed by atoms with Gasteiger partial charge in [-0.25, -0.2) is 14.4 Å². The maximum atomic E-state index is 12.8. The SMILES string of the molecule is Cc1c(O)cc(O)c2c1C(=O)OC[C@H](NC(=O)OC(C)(C)C)C(=O)N[C@H](C(=O)O)CSC2. The standard InChI is InChI=1S/C20H26N2O9S/c1-9-13(23)5-14(24)10-7-32-8-12(17(26)27)21-16(25)11(6-30-18(28)15(9)10)22-19(29)31-20(2,3)4/h5,11-12,23-24H,6-8H2,1-4H3,(H,21,25)(H,22,29)(H,26,27)/t11-,12-/m0/s1. The minimum atomic E-state index is -1.45. The van der Waals surface area contributed by atoms with Crippen LogP contribution in [0.1, 0.15) is 42.3 Å². The normalized spacial score (nSPS) is 20.0. The second kappa shape index (κ2) is 9.98. The van der Waals surface area contributed by atoms with Gasteiger partial charge in [-0.2, -0.15) is 11.8 Å². The molecular formula is C20H26N2O9S. The Kier molecular flexibility index (Phi) is 7.83. The number of rotatable bonds is 2. The van der Waals surface area contributed by atoms with E-state index < -0.39 is 48.2 Å². The molecule has 5 N–H and O–H groups in total. The molecule has 2 amide bonds. The van der Waals surface area contributed by atoms with Crippen LogP contribution in [-0.2, 0) is 24.8 Å². The quantitative estimate of drug-likeness (QED) is 0.396. The van der Waals surface area contributed by atoms with Crippen molar-refractivity contribution in [3.63, 3.8) is 0 Å². The lowest BCUT2D eigenvalue weighted by Crippen LogP contribution is -2.55. The average Bonchev–Trinajstić information content (AvgIpc) is 2.65. The van der Waals surface area contributed by atoms with Gasteiger partial charge in [0.05, 0.1) is 5.56 Å².